The predicted molar refractivity (Wildman–Crippen MR) is 67.6 cm³/mol. The normalized spacial score (nSPS) is 15.1. The van der Waals surface area contributed by atoms with Gasteiger partial charge in [-0.15, -0.1) is 0 Å². The Hall–Kier alpha value is -0.610. The van der Waals surface area contributed by atoms with E-state index in [9.17, 15) is 5.11 Å². The Labute approximate surface area is 102 Å². The van der Waals surface area contributed by atoms with Gasteiger partial charge in [-0.05, 0) is 25.6 Å². The third-order valence-electron chi connectivity index (χ3n) is 2.57. The van der Waals surface area contributed by atoms with Gasteiger partial charge in [0.15, 0.2) is 0 Å². The highest BCUT2D eigenvalue weighted by Crippen LogP contribution is 2.25. The molecule has 0 aromatic heterocycles. The molecule has 90 valence electrons. The van der Waals surface area contributed by atoms with Crippen molar-refractivity contribution in [2.45, 2.75) is 19.1 Å². The van der Waals surface area contributed by atoms with Gasteiger partial charge < -0.3 is 10.8 Å². The SMILES string of the molecule is CC(O)CN(C)C(CN)c1ccccc1Cl. The molecule has 0 amide bonds. The molecule has 1 rings (SSSR count). The van der Waals surface area contributed by atoms with E-state index in [-0.39, 0.29) is 12.1 Å². The number of hydrogen-bond donors (Lipinski definition) is 2. The van der Waals surface area contributed by atoms with Crippen molar-refractivity contribution in [3.05, 3.63) is 34.9 Å². The Bertz CT molecular complexity index is 331. The van der Waals surface area contributed by atoms with Gasteiger partial charge in [-0.25, -0.2) is 0 Å². The van der Waals surface area contributed by atoms with Crippen LogP contribution in [0.25, 0.3) is 0 Å². The van der Waals surface area contributed by atoms with Crippen molar-refractivity contribution in [3.8, 4) is 0 Å². The minimum absolute atomic E-state index is 0.0447. The Balaban J connectivity index is 2.86. The van der Waals surface area contributed by atoms with Crippen LogP contribution in [0.15, 0.2) is 24.3 Å². The molecule has 0 radical (unpaired) electrons. The molecule has 3 nitrogen and oxygen atoms in total. The first kappa shape index (κ1) is 13.5. The van der Waals surface area contributed by atoms with Gasteiger partial charge in [0.1, 0.15) is 0 Å². The Morgan fingerprint density at radius 1 is 1.44 bits per heavy atom. The zero-order valence-electron chi connectivity index (χ0n) is 9.73. The summed E-state index contributed by atoms with van der Waals surface area (Å²) in [6.07, 6.45) is -0.374. The van der Waals surface area contributed by atoms with Crippen LogP contribution in [-0.4, -0.2) is 36.2 Å². The van der Waals surface area contributed by atoms with Crippen molar-refractivity contribution in [2.24, 2.45) is 5.73 Å². The van der Waals surface area contributed by atoms with E-state index in [0.717, 1.165) is 10.6 Å². The van der Waals surface area contributed by atoms with Crippen molar-refractivity contribution in [2.75, 3.05) is 20.1 Å². The van der Waals surface area contributed by atoms with Crippen molar-refractivity contribution >= 4 is 11.6 Å². The maximum absolute atomic E-state index is 9.37. The summed E-state index contributed by atoms with van der Waals surface area (Å²) >= 11 is 6.13. The quantitative estimate of drug-likeness (QED) is 0.826. The number of aliphatic hydroxyl groups excluding tert-OH is 1. The third-order valence-corrected chi connectivity index (χ3v) is 2.92. The van der Waals surface area contributed by atoms with Gasteiger partial charge in [0.05, 0.1) is 6.10 Å². The number of likely N-dealkylation sites (N-methyl/N-ethyl adjacent to an activating group) is 1. The number of halogens is 1. The molecule has 0 aliphatic carbocycles. The molecule has 1 aromatic carbocycles. The summed E-state index contributed by atoms with van der Waals surface area (Å²) in [6, 6.07) is 7.71. The van der Waals surface area contributed by atoms with E-state index in [4.69, 9.17) is 17.3 Å². The van der Waals surface area contributed by atoms with Crippen molar-refractivity contribution in [3.63, 3.8) is 0 Å². The summed E-state index contributed by atoms with van der Waals surface area (Å²) in [4.78, 5) is 2.02. The molecule has 2 unspecified atom stereocenters. The fourth-order valence-electron chi connectivity index (χ4n) is 1.83. The molecule has 0 heterocycles. The molecule has 4 heteroatoms. The molecule has 0 saturated heterocycles. The van der Waals surface area contributed by atoms with E-state index in [1.165, 1.54) is 0 Å². The zero-order valence-corrected chi connectivity index (χ0v) is 10.5. The molecule has 0 bridgehead atoms. The largest absolute Gasteiger partial charge is 0.392 e. The molecular weight excluding hydrogens is 224 g/mol. The summed E-state index contributed by atoms with van der Waals surface area (Å²) in [5.74, 6) is 0. The Morgan fingerprint density at radius 3 is 2.56 bits per heavy atom. The van der Waals surface area contributed by atoms with Gasteiger partial charge in [0, 0.05) is 24.2 Å². The fourth-order valence-corrected chi connectivity index (χ4v) is 2.10. The predicted octanol–water partition coefficient (Wildman–Crippen LogP) is 1.65. The van der Waals surface area contributed by atoms with E-state index in [1.807, 2.05) is 36.2 Å². The second-order valence-electron chi connectivity index (χ2n) is 4.06. The fraction of sp³-hybridized carbons (Fsp3) is 0.500. The topological polar surface area (TPSA) is 49.5 Å². The lowest BCUT2D eigenvalue weighted by Gasteiger charge is -2.28. The van der Waals surface area contributed by atoms with Gasteiger partial charge in [-0.1, -0.05) is 29.8 Å². The number of aliphatic hydroxyl groups is 1. The van der Waals surface area contributed by atoms with Crippen molar-refractivity contribution in [1.29, 1.82) is 0 Å². The first-order chi connectivity index (χ1) is 7.56. The van der Waals surface area contributed by atoms with Gasteiger partial charge in [0.2, 0.25) is 0 Å². The highest BCUT2D eigenvalue weighted by Gasteiger charge is 2.18. The number of rotatable bonds is 5. The smallest absolute Gasteiger partial charge is 0.0639 e. The second-order valence-corrected chi connectivity index (χ2v) is 4.47. The van der Waals surface area contributed by atoms with Crippen LogP contribution in [0.5, 0.6) is 0 Å². The van der Waals surface area contributed by atoms with Crippen LogP contribution in [0.3, 0.4) is 0 Å². The van der Waals surface area contributed by atoms with Gasteiger partial charge >= 0.3 is 0 Å². The number of hydrogen-bond acceptors (Lipinski definition) is 3. The minimum atomic E-state index is -0.374. The Morgan fingerprint density at radius 2 is 2.06 bits per heavy atom. The lowest BCUT2D eigenvalue weighted by molar-refractivity contribution is 0.119. The summed E-state index contributed by atoms with van der Waals surface area (Å²) in [5.41, 5.74) is 6.78. The summed E-state index contributed by atoms with van der Waals surface area (Å²) in [6.45, 7) is 2.82. The van der Waals surface area contributed by atoms with Crippen LogP contribution < -0.4 is 5.73 Å². The molecule has 2 atom stereocenters. The van der Waals surface area contributed by atoms with E-state index in [2.05, 4.69) is 0 Å². The number of nitrogens with zero attached hydrogens (tertiary/aromatic N) is 1. The number of benzene rings is 1. The second kappa shape index (κ2) is 6.21. The van der Waals surface area contributed by atoms with Gasteiger partial charge in [-0.2, -0.15) is 0 Å². The van der Waals surface area contributed by atoms with Crippen LogP contribution >= 0.6 is 11.6 Å². The highest BCUT2D eigenvalue weighted by molar-refractivity contribution is 6.31. The average molecular weight is 243 g/mol. The standard InChI is InChI=1S/C12H19ClN2O/c1-9(16)8-15(2)12(7-14)10-5-3-4-6-11(10)13/h3-6,9,12,16H,7-8,14H2,1-2H3. The van der Waals surface area contributed by atoms with Gasteiger partial charge in [0.25, 0.3) is 0 Å². The lowest BCUT2D eigenvalue weighted by Crippen LogP contribution is -2.35. The van der Waals surface area contributed by atoms with Crippen molar-refractivity contribution in [1.82, 2.24) is 4.90 Å². The summed E-state index contributed by atoms with van der Waals surface area (Å²) in [5, 5.41) is 10.1. The van der Waals surface area contributed by atoms with E-state index < -0.39 is 0 Å². The van der Waals surface area contributed by atoms with Crippen LogP contribution in [0.2, 0.25) is 5.02 Å². The molecule has 0 spiro atoms. The van der Waals surface area contributed by atoms with E-state index >= 15 is 0 Å². The summed E-state index contributed by atoms with van der Waals surface area (Å²) in [7, 11) is 1.94. The molecule has 0 aliphatic heterocycles. The molecule has 16 heavy (non-hydrogen) atoms. The molecule has 0 fully saturated rings. The Kier molecular flexibility index (Phi) is 5.22. The molecular formula is C12H19ClN2O. The van der Waals surface area contributed by atoms with Crippen LogP contribution in [0.1, 0.15) is 18.5 Å². The number of nitrogens with two attached hydrogens (primary N) is 1. The zero-order chi connectivity index (χ0) is 12.1. The first-order valence-corrected chi connectivity index (χ1v) is 5.76. The maximum Gasteiger partial charge on any atom is 0.0639 e. The maximum atomic E-state index is 9.37. The highest BCUT2D eigenvalue weighted by atomic mass is 35.5. The summed E-state index contributed by atoms with van der Waals surface area (Å²) < 4.78 is 0. The average Bonchev–Trinajstić information content (AvgIpc) is 2.20. The van der Waals surface area contributed by atoms with E-state index in [0.29, 0.717) is 13.1 Å². The van der Waals surface area contributed by atoms with Crippen LogP contribution in [0.4, 0.5) is 0 Å². The minimum Gasteiger partial charge on any atom is -0.392 e. The third kappa shape index (κ3) is 3.46. The van der Waals surface area contributed by atoms with Crippen molar-refractivity contribution < 1.29 is 5.11 Å². The molecule has 1 aromatic rings. The monoisotopic (exact) mass is 242 g/mol. The first-order valence-electron chi connectivity index (χ1n) is 5.39. The van der Waals surface area contributed by atoms with Crippen LogP contribution in [0, 0.1) is 0 Å². The molecule has 3 N–H and O–H groups in total. The van der Waals surface area contributed by atoms with Gasteiger partial charge in [-0.3, -0.25) is 4.90 Å². The lowest BCUT2D eigenvalue weighted by atomic mass is 10.1. The van der Waals surface area contributed by atoms with E-state index in [1.54, 1.807) is 6.92 Å². The van der Waals surface area contributed by atoms with Crippen LogP contribution in [-0.2, 0) is 0 Å². The molecule has 0 saturated carbocycles. The molecule has 0 aliphatic rings.